The molecule has 1 heterocycles. The highest BCUT2D eigenvalue weighted by molar-refractivity contribution is 7.92. The molecule has 2 fully saturated rings. The number of hydrogen-bond donors (Lipinski definition) is 0. The molecule has 128 valence electrons. The molecule has 1 atom stereocenters. The number of hydrogen-bond acceptors (Lipinski definition) is 4. The van der Waals surface area contributed by atoms with Gasteiger partial charge in [-0.05, 0) is 51.2 Å². The van der Waals surface area contributed by atoms with Crippen molar-refractivity contribution in [1.82, 2.24) is 4.31 Å². The lowest BCUT2D eigenvalue weighted by atomic mass is 10.1. The Hall–Kier alpha value is -0.920. The molecule has 2 aliphatic rings. The summed E-state index contributed by atoms with van der Waals surface area (Å²) in [7, 11) is -6.80. The molecule has 23 heavy (non-hydrogen) atoms. The van der Waals surface area contributed by atoms with Crippen molar-refractivity contribution in [3.05, 3.63) is 28.8 Å². The van der Waals surface area contributed by atoms with E-state index in [4.69, 9.17) is 0 Å². The zero-order valence-corrected chi connectivity index (χ0v) is 15.4. The molecule has 5 nitrogen and oxygen atoms in total. The van der Waals surface area contributed by atoms with E-state index in [1.54, 1.807) is 0 Å². The Kier molecular flexibility index (Phi) is 4.09. The van der Waals surface area contributed by atoms with Crippen LogP contribution in [0.5, 0.6) is 0 Å². The second-order valence-corrected chi connectivity index (χ2v) is 10.9. The highest BCUT2D eigenvalue weighted by Gasteiger charge is 2.46. The average molecular weight is 357 g/mol. The molecular formula is C16H23NO4S2. The van der Waals surface area contributed by atoms with Gasteiger partial charge in [0.05, 0.1) is 16.4 Å². The number of sulfone groups is 1. The second-order valence-electron chi connectivity index (χ2n) is 6.85. The molecule has 1 aromatic rings. The standard InChI is InChI=1S/C16H23NO4S2/c1-11-8-12(2)16(13(3)9-11)23(20,21)17(14-4-5-14)15-6-7-22(18,19)10-15/h8-9,14-15H,4-7,10H2,1-3H3. The van der Waals surface area contributed by atoms with Gasteiger partial charge in [0.15, 0.2) is 9.84 Å². The summed E-state index contributed by atoms with van der Waals surface area (Å²) in [6.07, 6.45) is 2.04. The molecule has 0 spiro atoms. The lowest BCUT2D eigenvalue weighted by Gasteiger charge is -2.29. The first-order valence-corrected chi connectivity index (χ1v) is 11.2. The van der Waals surface area contributed by atoms with Crippen LogP contribution in [0.3, 0.4) is 0 Å². The molecule has 1 unspecified atom stereocenters. The second kappa shape index (κ2) is 5.57. The molecule has 0 aromatic heterocycles. The molecule has 1 aliphatic heterocycles. The van der Waals surface area contributed by atoms with Crippen molar-refractivity contribution in [2.75, 3.05) is 11.5 Å². The first-order valence-electron chi connectivity index (χ1n) is 7.93. The summed E-state index contributed by atoms with van der Waals surface area (Å²) >= 11 is 0. The summed E-state index contributed by atoms with van der Waals surface area (Å²) in [6.45, 7) is 5.56. The largest absolute Gasteiger partial charge is 0.244 e. The van der Waals surface area contributed by atoms with Gasteiger partial charge >= 0.3 is 0 Å². The van der Waals surface area contributed by atoms with Crippen molar-refractivity contribution in [3.63, 3.8) is 0 Å². The molecular weight excluding hydrogens is 334 g/mol. The molecule has 1 saturated heterocycles. The molecule has 0 radical (unpaired) electrons. The van der Waals surface area contributed by atoms with Crippen LogP contribution in [0, 0.1) is 20.8 Å². The van der Waals surface area contributed by atoms with Gasteiger partial charge in [0.2, 0.25) is 10.0 Å². The van der Waals surface area contributed by atoms with E-state index >= 15 is 0 Å². The summed E-state index contributed by atoms with van der Waals surface area (Å²) in [5, 5.41) is 0. The minimum atomic E-state index is -3.68. The smallest absolute Gasteiger partial charge is 0.229 e. The Morgan fingerprint density at radius 2 is 1.57 bits per heavy atom. The molecule has 7 heteroatoms. The maximum absolute atomic E-state index is 13.3. The van der Waals surface area contributed by atoms with E-state index in [2.05, 4.69) is 0 Å². The SMILES string of the molecule is Cc1cc(C)c(S(=O)(=O)N(C2CC2)C2CCS(=O)(=O)C2)c(C)c1. The monoisotopic (exact) mass is 357 g/mol. The van der Waals surface area contributed by atoms with Gasteiger partial charge in [0.1, 0.15) is 0 Å². The highest BCUT2D eigenvalue weighted by atomic mass is 32.2. The van der Waals surface area contributed by atoms with Crippen LogP contribution in [0.2, 0.25) is 0 Å². The van der Waals surface area contributed by atoms with E-state index in [0.717, 1.165) is 29.5 Å². The third-order valence-corrected chi connectivity index (χ3v) is 8.68. The van der Waals surface area contributed by atoms with Gasteiger partial charge in [-0.2, -0.15) is 4.31 Å². The van der Waals surface area contributed by atoms with Crippen LogP contribution in [0.15, 0.2) is 17.0 Å². The molecule has 0 bridgehead atoms. The lowest BCUT2D eigenvalue weighted by Crippen LogP contribution is -2.43. The number of rotatable bonds is 4. The summed E-state index contributed by atoms with van der Waals surface area (Å²) < 4.78 is 51.7. The summed E-state index contributed by atoms with van der Waals surface area (Å²) in [5.74, 6) is 0.0367. The molecule has 3 rings (SSSR count). The van der Waals surface area contributed by atoms with Gasteiger partial charge < -0.3 is 0 Å². The minimum Gasteiger partial charge on any atom is -0.229 e. The van der Waals surface area contributed by atoms with E-state index < -0.39 is 25.9 Å². The van der Waals surface area contributed by atoms with Gasteiger partial charge in [-0.3, -0.25) is 0 Å². The molecule has 1 saturated carbocycles. The average Bonchev–Trinajstić information content (AvgIpc) is 3.12. The van der Waals surface area contributed by atoms with Crippen molar-refractivity contribution >= 4 is 19.9 Å². The van der Waals surface area contributed by atoms with Crippen LogP contribution in [-0.4, -0.2) is 44.7 Å². The Morgan fingerprint density at radius 3 is 2.00 bits per heavy atom. The maximum Gasteiger partial charge on any atom is 0.244 e. The summed E-state index contributed by atoms with van der Waals surface area (Å²) in [5.41, 5.74) is 2.49. The third kappa shape index (κ3) is 3.19. The van der Waals surface area contributed by atoms with Crippen molar-refractivity contribution in [3.8, 4) is 0 Å². The lowest BCUT2D eigenvalue weighted by molar-refractivity contribution is 0.332. The van der Waals surface area contributed by atoms with Gasteiger partial charge in [0.25, 0.3) is 0 Å². The van der Waals surface area contributed by atoms with E-state index in [1.165, 1.54) is 4.31 Å². The zero-order chi connectivity index (χ0) is 17.0. The Bertz CT molecular complexity index is 816. The molecule has 1 aromatic carbocycles. The quantitative estimate of drug-likeness (QED) is 0.826. The first kappa shape index (κ1) is 16.9. The Morgan fingerprint density at radius 1 is 1.00 bits per heavy atom. The predicted octanol–water partition coefficient (Wildman–Crippen LogP) is 1.95. The van der Waals surface area contributed by atoms with Crippen LogP contribution in [0.4, 0.5) is 0 Å². The van der Waals surface area contributed by atoms with Gasteiger partial charge in [-0.15, -0.1) is 0 Å². The predicted molar refractivity (Wildman–Crippen MR) is 89.8 cm³/mol. The van der Waals surface area contributed by atoms with E-state index in [1.807, 2.05) is 32.9 Å². The number of sulfonamides is 1. The van der Waals surface area contributed by atoms with E-state index in [9.17, 15) is 16.8 Å². The number of nitrogens with zero attached hydrogens (tertiary/aromatic N) is 1. The van der Waals surface area contributed by atoms with Crippen LogP contribution in [0.1, 0.15) is 36.0 Å². The van der Waals surface area contributed by atoms with Crippen molar-refractivity contribution in [1.29, 1.82) is 0 Å². The van der Waals surface area contributed by atoms with E-state index in [-0.39, 0.29) is 17.5 Å². The topological polar surface area (TPSA) is 71.5 Å². The number of benzene rings is 1. The number of aryl methyl sites for hydroxylation is 3. The van der Waals surface area contributed by atoms with Crippen molar-refractivity contribution in [2.24, 2.45) is 0 Å². The normalized spacial score (nSPS) is 24.3. The fourth-order valence-electron chi connectivity index (χ4n) is 3.67. The van der Waals surface area contributed by atoms with Gasteiger partial charge in [-0.25, -0.2) is 16.8 Å². The first-order chi connectivity index (χ1) is 10.6. The molecule has 1 aliphatic carbocycles. The Labute approximate surface area is 138 Å². The van der Waals surface area contributed by atoms with Crippen molar-refractivity contribution in [2.45, 2.75) is 57.0 Å². The van der Waals surface area contributed by atoms with Crippen LogP contribution < -0.4 is 0 Å². The molecule has 0 N–H and O–H groups in total. The van der Waals surface area contributed by atoms with Crippen molar-refractivity contribution < 1.29 is 16.8 Å². The Balaban J connectivity index is 2.06. The zero-order valence-electron chi connectivity index (χ0n) is 13.7. The van der Waals surface area contributed by atoms with Crippen LogP contribution >= 0.6 is 0 Å². The molecule has 0 amide bonds. The third-order valence-electron chi connectivity index (χ3n) is 4.62. The fraction of sp³-hybridized carbons (Fsp3) is 0.625. The highest BCUT2D eigenvalue weighted by Crippen LogP contribution is 2.38. The van der Waals surface area contributed by atoms with Gasteiger partial charge in [0, 0.05) is 12.1 Å². The fourth-order valence-corrected chi connectivity index (χ4v) is 7.80. The van der Waals surface area contributed by atoms with Crippen LogP contribution in [0.25, 0.3) is 0 Å². The summed E-state index contributed by atoms with van der Waals surface area (Å²) in [4.78, 5) is 0.347. The summed E-state index contributed by atoms with van der Waals surface area (Å²) in [6, 6.07) is 3.28. The van der Waals surface area contributed by atoms with Gasteiger partial charge in [-0.1, -0.05) is 17.7 Å². The maximum atomic E-state index is 13.3. The van der Waals surface area contributed by atoms with Crippen LogP contribution in [-0.2, 0) is 19.9 Å². The minimum absolute atomic E-state index is 0.0431. The van der Waals surface area contributed by atoms with E-state index in [0.29, 0.717) is 11.3 Å².